The molecule has 2 aromatic carbocycles. The Morgan fingerprint density at radius 3 is 2.25 bits per heavy atom. The number of nitrogens with zero attached hydrogens (tertiary/aromatic N) is 1. The van der Waals surface area contributed by atoms with Crippen molar-refractivity contribution < 1.29 is 10.2 Å². The van der Waals surface area contributed by atoms with Crippen molar-refractivity contribution >= 4 is 21.4 Å². The van der Waals surface area contributed by atoms with Gasteiger partial charge < -0.3 is 10.2 Å². The fraction of sp³-hybridized carbons (Fsp3) is 0.0500. The van der Waals surface area contributed by atoms with E-state index >= 15 is 0 Å². The molecule has 0 saturated heterocycles. The van der Waals surface area contributed by atoms with Gasteiger partial charge in [-0.25, -0.2) is 0 Å². The van der Waals surface area contributed by atoms with Crippen molar-refractivity contribution in [2.75, 3.05) is 0 Å². The maximum absolute atomic E-state index is 10.7. The predicted molar refractivity (Wildman–Crippen MR) is 97.2 cm³/mol. The number of aromatic nitrogens is 1. The molecule has 0 aliphatic carbocycles. The molecule has 2 heterocycles. The van der Waals surface area contributed by atoms with Crippen LogP contribution in [0.3, 0.4) is 0 Å². The van der Waals surface area contributed by atoms with Crippen molar-refractivity contribution in [2.45, 2.75) is 6.10 Å². The SMILES string of the molecule is Oc1c(-c2ccccc2)sc2c(C(O)c3ccccc3)nccc12. The van der Waals surface area contributed by atoms with Gasteiger partial charge in [0.05, 0.1) is 15.3 Å². The van der Waals surface area contributed by atoms with E-state index in [4.69, 9.17) is 0 Å². The van der Waals surface area contributed by atoms with Gasteiger partial charge in [-0.1, -0.05) is 60.7 Å². The molecule has 3 nitrogen and oxygen atoms in total. The number of rotatable bonds is 3. The highest BCUT2D eigenvalue weighted by molar-refractivity contribution is 7.23. The highest BCUT2D eigenvalue weighted by Gasteiger charge is 2.20. The highest BCUT2D eigenvalue weighted by Crippen LogP contribution is 2.45. The largest absolute Gasteiger partial charge is 0.506 e. The van der Waals surface area contributed by atoms with E-state index < -0.39 is 6.10 Å². The number of thiophene rings is 1. The van der Waals surface area contributed by atoms with E-state index in [1.54, 1.807) is 12.3 Å². The number of hydrogen-bond donors (Lipinski definition) is 2. The summed E-state index contributed by atoms with van der Waals surface area (Å²) in [6.45, 7) is 0. The summed E-state index contributed by atoms with van der Waals surface area (Å²) in [7, 11) is 0. The van der Waals surface area contributed by atoms with Gasteiger partial charge in [0.15, 0.2) is 0 Å². The molecular formula is C20H15NO2S. The normalized spacial score (nSPS) is 12.4. The molecule has 4 heteroatoms. The molecule has 0 radical (unpaired) electrons. The summed E-state index contributed by atoms with van der Waals surface area (Å²) < 4.78 is 0.810. The summed E-state index contributed by atoms with van der Waals surface area (Å²) in [6, 6.07) is 21.0. The Kier molecular flexibility index (Phi) is 3.76. The third-order valence-corrected chi connectivity index (χ3v) is 5.28. The van der Waals surface area contributed by atoms with Crippen molar-refractivity contribution in [1.82, 2.24) is 4.98 Å². The van der Waals surface area contributed by atoms with Crippen LogP contribution in [0.4, 0.5) is 0 Å². The molecule has 0 fully saturated rings. The van der Waals surface area contributed by atoms with Gasteiger partial charge in [-0.15, -0.1) is 11.3 Å². The molecule has 0 aliphatic rings. The van der Waals surface area contributed by atoms with Gasteiger partial charge >= 0.3 is 0 Å². The zero-order valence-corrected chi connectivity index (χ0v) is 13.6. The molecule has 0 spiro atoms. The summed E-state index contributed by atoms with van der Waals surface area (Å²) in [4.78, 5) is 5.17. The van der Waals surface area contributed by atoms with E-state index in [1.807, 2.05) is 60.7 Å². The Morgan fingerprint density at radius 2 is 1.54 bits per heavy atom. The monoisotopic (exact) mass is 333 g/mol. The van der Waals surface area contributed by atoms with Gasteiger partial charge in [-0.2, -0.15) is 0 Å². The van der Waals surface area contributed by atoms with Crippen molar-refractivity contribution in [3.05, 3.63) is 84.2 Å². The summed E-state index contributed by atoms with van der Waals surface area (Å²) in [5.41, 5.74) is 2.31. The lowest BCUT2D eigenvalue weighted by Crippen LogP contribution is -2.01. The molecule has 0 bridgehead atoms. The van der Waals surface area contributed by atoms with Crippen LogP contribution >= 0.6 is 11.3 Å². The molecule has 24 heavy (non-hydrogen) atoms. The molecule has 118 valence electrons. The van der Waals surface area contributed by atoms with Crippen LogP contribution in [-0.2, 0) is 0 Å². The summed E-state index contributed by atoms with van der Waals surface area (Å²) in [5.74, 6) is 0.241. The Hall–Kier alpha value is -2.69. The predicted octanol–water partition coefficient (Wildman–Crippen LogP) is 4.75. The minimum absolute atomic E-state index is 0.241. The average Bonchev–Trinajstić information content (AvgIpc) is 2.99. The van der Waals surface area contributed by atoms with Crippen LogP contribution in [0.25, 0.3) is 20.5 Å². The minimum Gasteiger partial charge on any atom is -0.506 e. The summed E-state index contributed by atoms with van der Waals surface area (Å²) >= 11 is 1.45. The van der Waals surface area contributed by atoms with Gasteiger partial charge in [-0.3, -0.25) is 4.98 Å². The Balaban J connectivity index is 1.89. The molecule has 0 amide bonds. The molecule has 4 aromatic rings. The smallest absolute Gasteiger partial charge is 0.142 e. The Morgan fingerprint density at radius 1 is 0.875 bits per heavy atom. The summed E-state index contributed by atoms with van der Waals surface area (Å²) in [5, 5.41) is 22.1. The van der Waals surface area contributed by atoms with Crippen LogP contribution in [0, 0.1) is 0 Å². The number of fused-ring (bicyclic) bond motifs is 1. The molecule has 0 saturated carbocycles. The van der Waals surface area contributed by atoms with E-state index in [-0.39, 0.29) is 5.75 Å². The molecule has 1 atom stereocenters. The molecule has 1 unspecified atom stereocenters. The topological polar surface area (TPSA) is 53.4 Å². The molecule has 2 aromatic heterocycles. The number of hydrogen-bond acceptors (Lipinski definition) is 4. The van der Waals surface area contributed by atoms with Gasteiger partial charge in [-0.05, 0) is 17.2 Å². The van der Waals surface area contributed by atoms with E-state index in [2.05, 4.69) is 4.98 Å². The number of aliphatic hydroxyl groups is 1. The average molecular weight is 333 g/mol. The van der Waals surface area contributed by atoms with Crippen LogP contribution in [0.15, 0.2) is 72.9 Å². The second-order valence-corrected chi connectivity index (χ2v) is 6.55. The third kappa shape index (κ3) is 2.46. The van der Waals surface area contributed by atoms with Gasteiger partial charge in [0.2, 0.25) is 0 Å². The van der Waals surface area contributed by atoms with Crippen molar-refractivity contribution in [3.8, 4) is 16.2 Å². The maximum atomic E-state index is 10.7. The van der Waals surface area contributed by atoms with Crippen LogP contribution < -0.4 is 0 Å². The zero-order valence-electron chi connectivity index (χ0n) is 12.8. The number of aromatic hydroxyl groups is 1. The molecular weight excluding hydrogens is 318 g/mol. The van der Waals surface area contributed by atoms with Gasteiger partial charge in [0, 0.05) is 11.6 Å². The lowest BCUT2D eigenvalue weighted by atomic mass is 10.0. The van der Waals surface area contributed by atoms with Crippen LogP contribution in [-0.4, -0.2) is 15.2 Å². The minimum atomic E-state index is -0.823. The molecule has 4 rings (SSSR count). The first-order chi connectivity index (χ1) is 11.8. The number of pyridine rings is 1. The third-order valence-electron chi connectivity index (χ3n) is 4.02. The van der Waals surface area contributed by atoms with E-state index in [0.717, 1.165) is 26.1 Å². The molecule has 0 aliphatic heterocycles. The fourth-order valence-corrected chi connectivity index (χ4v) is 4.01. The van der Waals surface area contributed by atoms with E-state index in [9.17, 15) is 10.2 Å². The first-order valence-electron chi connectivity index (χ1n) is 7.64. The molecule has 2 N–H and O–H groups in total. The van der Waals surface area contributed by atoms with Gasteiger partial charge in [0.25, 0.3) is 0 Å². The Bertz CT molecular complexity index is 981. The quantitative estimate of drug-likeness (QED) is 0.569. The standard InChI is InChI=1S/C20H15NO2S/c22-17(13-7-3-1-4-8-13)16-20-15(11-12-21-16)18(23)19(24-20)14-9-5-2-6-10-14/h1-12,17,22-23H. The fourth-order valence-electron chi connectivity index (χ4n) is 2.80. The number of benzene rings is 2. The van der Waals surface area contributed by atoms with Crippen molar-refractivity contribution in [1.29, 1.82) is 0 Å². The highest BCUT2D eigenvalue weighted by atomic mass is 32.1. The second kappa shape index (κ2) is 6.07. The van der Waals surface area contributed by atoms with E-state index in [0.29, 0.717) is 5.69 Å². The second-order valence-electron chi connectivity index (χ2n) is 5.53. The number of aliphatic hydroxyl groups excluding tert-OH is 1. The van der Waals surface area contributed by atoms with Crippen molar-refractivity contribution in [2.24, 2.45) is 0 Å². The zero-order chi connectivity index (χ0) is 16.5. The lowest BCUT2D eigenvalue weighted by molar-refractivity contribution is 0.217. The van der Waals surface area contributed by atoms with Crippen molar-refractivity contribution in [3.63, 3.8) is 0 Å². The van der Waals surface area contributed by atoms with Gasteiger partial charge in [0.1, 0.15) is 11.9 Å². The Labute approximate surface area is 143 Å². The van der Waals surface area contributed by atoms with Crippen LogP contribution in [0.1, 0.15) is 17.4 Å². The lowest BCUT2D eigenvalue weighted by Gasteiger charge is -2.11. The maximum Gasteiger partial charge on any atom is 0.142 e. The summed E-state index contributed by atoms with van der Waals surface area (Å²) in [6.07, 6.45) is 0.807. The van der Waals surface area contributed by atoms with Crippen LogP contribution in [0.5, 0.6) is 5.75 Å². The van der Waals surface area contributed by atoms with E-state index in [1.165, 1.54) is 11.3 Å². The van der Waals surface area contributed by atoms with Crippen LogP contribution in [0.2, 0.25) is 0 Å². The first-order valence-corrected chi connectivity index (χ1v) is 8.46. The first kappa shape index (κ1) is 14.9.